The van der Waals surface area contributed by atoms with Crippen molar-refractivity contribution in [1.82, 2.24) is 20.2 Å². The van der Waals surface area contributed by atoms with E-state index in [9.17, 15) is 9.59 Å². The standard InChI is InChI=1S/C23H28N4O2/c28-21-17-9-10-23(19(17)25-20(26-21)16-6-2-1-3-7-16)11-14-27(15-12-23)22(29)18-8-4-5-13-24-18/h1-3,6-7,18,24H,4-5,8-15H2,(H,25,26,28). The number of piperidine rings is 2. The van der Waals surface area contributed by atoms with Gasteiger partial charge in [-0.3, -0.25) is 9.59 Å². The number of aromatic nitrogens is 2. The van der Waals surface area contributed by atoms with Gasteiger partial charge in [0.25, 0.3) is 5.56 Å². The lowest BCUT2D eigenvalue weighted by Crippen LogP contribution is -2.52. The summed E-state index contributed by atoms with van der Waals surface area (Å²) in [6.45, 7) is 2.45. The molecule has 0 saturated carbocycles. The first-order valence-electron chi connectivity index (χ1n) is 10.9. The van der Waals surface area contributed by atoms with Crippen LogP contribution in [0.2, 0.25) is 0 Å². The molecule has 2 N–H and O–H groups in total. The van der Waals surface area contributed by atoms with Gasteiger partial charge in [0.1, 0.15) is 5.82 Å². The van der Waals surface area contributed by atoms with Crippen LogP contribution in [0.3, 0.4) is 0 Å². The summed E-state index contributed by atoms with van der Waals surface area (Å²) in [5.74, 6) is 0.905. The van der Waals surface area contributed by atoms with Crippen molar-refractivity contribution in [1.29, 1.82) is 0 Å². The van der Waals surface area contributed by atoms with E-state index in [0.717, 1.165) is 81.4 Å². The van der Waals surface area contributed by atoms with E-state index in [1.54, 1.807) is 0 Å². The zero-order valence-electron chi connectivity index (χ0n) is 16.7. The molecule has 152 valence electrons. The number of hydrogen-bond donors (Lipinski definition) is 2. The minimum absolute atomic E-state index is 0.00404. The second-order valence-corrected chi connectivity index (χ2v) is 8.72. The fraction of sp³-hybridized carbons (Fsp3) is 0.522. The van der Waals surface area contributed by atoms with Gasteiger partial charge in [-0.05, 0) is 45.1 Å². The van der Waals surface area contributed by atoms with Crippen molar-refractivity contribution in [3.8, 4) is 11.4 Å². The maximum Gasteiger partial charge on any atom is 0.254 e. The summed E-state index contributed by atoms with van der Waals surface area (Å²) in [6, 6.07) is 9.82. The number of benzene rings is 1. The molecule has 1 aromatic carbocycles. The first-order valence-corrected chi connectivity index (χ1v) is 10.9. The predicted molar refractivity (Wildman–Crippen MR) is 112 cm³/mol. The molecule has 1 amide bonds. The maximum atomic E-state index is 12.9. The largest absolute Gasteiger partial charge is 0.341 e. The van der Waals surface area contributed by atoms with Crippen LogP contribution in [0.4, 0.5) is 0 Å². The minimum Gasteiger partial charge on any atom is -0.341 e. The molecule has 3 aliphatic rings. The number of aromatic amines is 1. The van der Waals surface area contributed by atoms with E-state index < -0.39 is 0 Å². The molecule has 2 saturated heterocycles. The Hall–Kier alpha value is -2.47. The highest BCUT2D eigenvalue weighted by atomic mass is 16.2. The molecule has 0 bridgehead atoms. The first-order chi connectivity index (χ1) is 14.2. The Balaban J connectivity index is 1.38. The average Bonchev–Trinajstić information content (AvgIpc) is 3.13. The zero-order valence-corrected chi connectivity index (χ0v) is 16.7. The molecule has 3 heterocycles. The van der Waals surface area contributed by atoms with Crippen LogP contribution in [-0.4, -0.2) is 46.5 Å². The second kappa shape index (κ2) is 7.41. The fourth-order valence-electron chi connectivity index (χ4n) is 5.31. The summed E-state index contributed by atoms with van der Waals surface area (Å²) in [6.07, 6.45) is 6.76. The van der Waals surface area contributed by atoms with Gasteiger partial charge in [0.2, 0.25) is 5.91 Å². The van der Waals surface area contributed by atoms with Crippen LogP contribution < -0.4 is 10.9 Å². The van der Waals surface area contributed by atoms with E-state index in [2.05, 4.69) is 10.3 Å². The van der Waals surface area contributed by atoms with Crippen molar-refractivity contribution >= 4 is 5.91 Å². The molecular weight excluding hydrogens is 364 g/mol. The molecule has 29 heavy (non-hydrogen) atoms. The van der Waals surface area contributed by atoms with Gasteiger partial charge in [0.15, 0.2) is 0 Å². The summed E-state index contributed by atoms with van der Waals surface area (Å²) >= 11 is 0. The van der Waals surface area contributed by atoms with Crippen molar-refractivity contribution in [2.24, 2.45) is 0 Å². The Kier molecular flexibility index (Phi) is 4.74. The fourth-order valence-corrected chi connectivity index (χ4v) is 5.31. The van der Waals surface area contributed by atoms with Crippen molar-refractivity contribution in [2.75, 3.05) is 19.6 Å². The SMILES string of the molecule is O=C(C1CCCCN1)N1CCC2(CCc3c2nc(-c2ccccc2)[nH]c3=O)CC1. The van der Waals surface area contributed by atoms with Gasteiger partial charge in [-0.2, -0.15) is 0 Å². The molecule has 6 nitrogen and oxygen atoms in total. The average molecular weight is 393 g/mol. The van der Waals surface area contributed by atoms with Crippen LogP contribution in [-0.2, 0) is 16.6 Å². The molecule has 1 spiro atoms. The normalized spacial score (nSPS) is 23.2. The van der Waals surface area contributed by atoms with Crippen LogP contribution in [0, 0.1) is 0 Å². The number of amides is 1. The van der Waals surface area contributed by atoms with Gasteiger partial charge < -0.3 is 15.2 Å². The maximum absolute atomic E-state index is 12.9. The van der Waals surface area contributed by atoms with E-state index in [4.69, 9.17) is 4.98 Å². The number of rotatable bonds is 2. The van der Waals surface area contributed by atoms with Gasteiger partial charge >= 0.3 is 0 Å². The first kappa shape index (κ1) is 18.6. The smallest absolute Gasteiger partial charge is 0.254 e. The molecule has 1 atom stereocenters. The Morgan fingerprint density at radius 1 is 1.10 bits per heavy atom. The highest BCUT2D eigenvalue weighted by molar-refractivity contribution is 5.82. The number of carbonyl (C=O) groups is 1. The summed E-state index contributed by atoms with van der Waals surface area (Å²) in [4.78, 5) is 35.6. The van der Waals surface area contributed by atoms with E-state index >= 15 is 0 Å². The molecule has 5 rings (SSSR count). The number of hydrogen-bond acceptors (Lipinski definition) is 4. The molecule has 6 heteroatoms. The van der Waals surface area contributed by atoms with Gasteiger partial charge in [-0.15, -0.1) is 0 Å². The summed E-state index contributed by atoms with van der Waals surface area (Å²) in [5, 5.41) is 3.38. The highest BCUT2D eigenvalue weighted by Crippen LogP contribution is 2.44. The van der Waals surface area contributed by atoms with Crippen molar-refractivity contribution in [3.05, 3.63) is 51.9 Å². The van der Waals surface area contributed by atoms with Crippen molar-refractivity contribution in [3.63, 3.8) is 0 Å². The number of fused-ring (bicyclic) bond motifs is 2. The molecule has 2 aliphatic heterocycles. The number of nitrogens with one attached hydrogen (secondary N) is 2. The Labute approximate surface area is 170 Å². The molecule has 1 aliphatic carbocycles. The van der Waals surface area contributed by atoms with Crippen LogP contribution in [0.5, 0.6) is 0 Å². The van der Waals surface area contributed by atoms with Crippen LogP contribution >= 0.6 is 0 Å². The van der Waals surface area contributed by atoms with Crippen molar-refractivity contribution in [2.45, 2.75) is 56.4 Å². The minimum atomic E-state index is -0.0656. The Morgan fingerprint density at radius 2 is 1.90 bits per heavy atom. The van der Waals surface area contributed by atoms with Crippen LogP contribution in [0.15, 0.2) is 35.1 Å². The summed E-state index contributed by atoms with van der Waals surface area (Å²) in [5.41, 5.74) is 2.69. The van der Waals surface area contributed by atoms with E-state index in [-0.39, 0.29) is 22.9 Å². The summed E-state index contributed by atoms with van der Waals surface area (Å²) in [7, 11) is 0. The van der Waals surface area contributed by atoms with E-state index in [1.807, 2.05) is 35.2 Å². The van der Waals surface area contributed by atoms with E-state index in [0.29, 0.717) is 5.82 Å². The number of likely N-dealkylation sites (tertiary alicyclic amines) is 1. The molecule has 1 aromatic heterocycles. The molecular formula is C23H28N4O2. The lowest BCUT2D eigenvalue weighted by atomic mass is 9.76. The number of H-pyrrole nitrogens is 1. The van der Waals surface area contributed by atoms with Crippen LogP contribution in [0.1, 0.15) is 49.8 Å². The van der Waals surface area contributed by atoms with Crippen molar-refractivity contribution < 1.29 is 4.79 Å². The quantitative estimate of drug-likeness (QED) is 0.823. The van der Waals surface area contributed by atoms with Gasteiger partial charge in [-0.1, -0.05) is 36.8 Å². The Morgan fingerprint density at radius 3 is 2.62 bits per heavy atom. The summed E-state index contributed by atoms with van der Waals surface area (Å²) < 4.78 is 0. The predicted octanol–water partition coefficient (Wildman–Crippen LogP) is 2.39. The lowest BCUT2D eigenvalue weighted by Gasteiger charge is -2.41. The molecule has 2 aromatic rings. The third-order valence-electron chi connectivity index (χ3n) is 7.06. The van der Waals surface area contributed by atoms with Gasteiger partial charge in [-0.25, -0.2) is 4.98 Å². The Bertz CT molecular complexity index is 955. The number of carbonyl (C=O) groups excluding carboxylic acids is 1. The topological polar surface area (TPSA) is 78.1 Å². The second-order valence-electron chi connectivity index (χ2n) is 8.72. The van der Waals surface area contributed by atoms with Gasteiger partial charge in [0, 0.05) is 29.6 Å². The van der Waals surface area contributed by atoms with Crippen LogP contribution in [0.25, 0.3) is 11.4 Å². The monoisotopic (exact) mass is 392 g/mol. The lowest BCUT2D eigenvalue weighted by molar-refractivity contribution is -0.135. The third-order valence-corrected chi connectivity index (χ3v) is 7.06. The van der Waals surface area contributed by atoms with Gasteiger partial charge in [0.05, 0.1) is 11.7 Å². The van der Waals surface area contributed by atoms with E-state index in [1.165, 1.54) is 0 Å². The number of nitrogens with zero attached hydrogens (tertiary/aromatic N) is 2. The molecule has 1 unspecified atom stereocenters. The third kappa shape index (κ3) is 3.29. The highest BCUT2D eigenvalue weighted by Gasteiger charge is 2.45. The molecule has 0 radical (unpaired) electrons. The molecule has 2 fully saturated rings. The zero-order chi connectivity index (χ0) is 19.8.